The highest BCUT2D eigenvalue weighted by molar-refractivity contribution is 9.10. The summed E-state index contributed by atoms with van der Waals surface area (Å²) in [5.74, 6) is -0.409. The van der Waals surface area contributed by atoms with Crippen LogP contribution in [0.15, 0.2) is 27.6 Å². The van der Waals surface area contributed by atoms with E-state index in [4.69, 9.17) is 0 Å². The van der Waals surface area contributed by atoms with Crippen molar-refractivity contribution in [2.45, 2.75) is 11.1 Å². The molecule has 19 heavy (non-hydrogen) atoms. The molecule has 1 N–H and O–H groups in total. The summed E-state index contributed by atoms with van der Waals surface area (Å²) in [5, 5.41) is 2.45. The number of hydrogen-bond donors (Lipinski definition) is 2. The van der Waals surface area contributed by atoms with Gasteiger partial charge in [0.15, 0.2) is 0 Å². The second-order valence-corrected chi connectivity index (χ2v) is 4.98. The van der Waals surface area contributed by atoms with Crippen molar-refractivity contribution in [3.05, 3.63) is 28.2 Å². The van der Waals surface area contributed by atoms with Crippen molar-refractivity contribution in [1.82, 2.24) is 5.32 Å². The summed E-state index contributed by atoms with van der Waals surface area (Å²) in [6.45, 7) is -1.53. The van der Waals surface area contributed by atoms with Gasteiger partial charge in [-0.25, -0.2) is 0 Å². The number of hydrogen-bond acceptors (Lipinski definition) is 3. The van der Waals surface area contributed by atoms with E-state index in [0.29, 0.717) is 10.5 Å². The Hall–Kier alpha value is -0.730. The predicted molar refractivity (Wildman–Crippen MR) is 70.6 cm³/mol. The lowest BCUT2D eigenvalue weighted by Gasteiger charge is -2.09. The van der Waals surface area contributed by atoms with Crippen LogP contribution in [0.5, 0.6) is 0 Å². The number of rotatable bonds is 5. The fourth-order valence-corrected chi connectivity index (χ4v) is 2.07. The van der Waals surface area contributed by atoms with E-state index in [9.17, 15) is 18.0 Å². The van der Waals surface area contributed by atoms with Gasteiger partial charge in [0.25, 0.3) is 5.91 Å². The molecule has 0 fully saturated rings. The van der Waals surface area contributed by atoms with E-state index in [1.54, 1.807) is 18.2 Å². The van der Waals surface area contributed by atoms with Crippen LogP contribution in [-0.2, 0) is 4.74 Å². The van der Waals surface area contributed by atoms with E-state index in [2.05, 4.69) is 38.6 Å². The van der Waals surface area contributed by atoms with Crippen LogP contribution >= 0.6 is 28.6 Å². The average Bonchev–Trinajstić information content (AvgIpc) is 2.26. The largest absolute Gasteiger partial charge is 0.411 e. The number of nitrogens with one attached hydrogen (secondary N) is 1. The van der Waals surface area contributed by atoms with Crippen LogP contribution in [0.3, 0.4) is 0 Å². The van der Waals surface area contributed by atoms with Crippen molar-refractivity contribution in [3.63, 3.8) is 0 Å². The summed E-state index contributed by atoms with van der Waals surface area (Å²) >= 11 is 7.37. The van der Waals surface area contributed by atoms with Crippen molar-refractivity contribution in [2.75, 3.05) is 19.8 Å². The van der Waals surface area contributed by atoms with Crippen LogP contribution in [0.2, 0.25) is 0 Å². The molecular formula is C11H11BrF3NO2S. The maximum Gasteiger partial charge on any atom is 0.411 e. The summed E-state index contributed by atoms with van der Waals surface area (Å²) in [7, 11) is 0. The first-order valence-electron chi connectivity index (χ1n) is 5.21. The second-order valence-electron chi connectivity index (χ2n) is 3.59. The van der Waals surface area contributed by atoms with Gasteiger partial charge in [-0.05, 0) is 18.2 Å². The molecule has 0 aliphatic rings. The lowest BCUT2D eigenvalue weighted by atomic mass is 10.2. The Morgan fingerprint density at radius 2 is 2.11 bits per heavy atom. The van der Waals surface area contributed by atoms with E-state index in [0.717, 1.165) is 4.47 Å². The number of carbonyl (C=O) groups is 1. The maximum atomic E-state index is 11.8. The van der Waals surface area contributed by atoms with Crippen molar-refractivity contribution in [2.24, 2.45) is 0 Å². The molecule has 0 unspecified atom stereocenters. The molecule has 0 bridgehead atoms. The molecule has 1 aromatic rings. The third-order valence-electron chi connectivity index (χ3n) is 2.00. The molecule has 0 aromatic heterocycles. The van der Waals surface area contributed by atoms with Crippen LogP contribution < -0.4 is 5.32 Å². The van der Waals surface area contributed by atoms with Crippen LogP contribution in [0.4, 0.5) is 13.2 Å². The minimum atomic E-state index is -4.35. The second kappa shape index (κ2) is 7.16. The first kappa shape index (κ1) is 16.3. The van der Waals surface area contributed by atoms with Gasteiger partial charge < -0.3 is 10.1 Å². The fraction of sp³-hybridized carbons (Fsp3) is 0.364. The fourth-order valence-electron chi connectivity index (χ4n) is 1.22. The van der Waals surface area contributed by atoms with E-state index in [1.165, 1.54) is 0 Å². The quantitative estimate of drug-likeness (QED) is 0.627. The molecule has 8 heteroatoms. The molecule has 0 radical (unpaired) electrons. The highest BCUT2D eigenvalue weighted by Crippen LogP contribution is 2.19. The van der Waals surface area contributed by atoms with Gasteiger partial charge in [0.2, 0.25) is 0 Å². The third kappa shape index (κ3) is 6.31. The Balaban J connectivity index is 2.36. The van der Waals surface area contributed by atoms with Gasteiger partial charge in [0.05, 0.1) is 12.2 Å². The first-order valence-corrected chi connectivity index (χ1v) is 6.45. The molecule has 1 amide bonds. The van der Waals surface area contributed by atoms with Crippen LogP contribution in [0.25, 0.3) is 0 Å². The number of halogens is 4. The number of carbonyl (C=O) groups excluding carboxylic acids is 1. The minimum absolute atomic E-state index is 0.00179. The van der Waals surface area contributed by atoms with E-state index >= 15 is 0 Å². The smallest absolute Gasteiger partial charge is 0.370 e. The van der Waals surface area contributed by atoms with E-state index in [-0.39, 0.29) is 13.2 Å². The van der Waals surface area contributed by atoms with Crippen LogP contribution in [-0.4, -0.2) is 31.8 Å². The summed E-state index contributed by atoms with van der Waals surface area (Å²) in [6, 6.07) is 4.89. The summed E-state index contributed by atoms with van der Waals surface area (Å²) in [4.78, 5) is 12.2. The SMILES string of the molecule is O=C(NCCOCC(F)(F)F)c1ccc(Br)cc1S. The van der Waals surface area contributed by atoms with Crippen molar-refractivity contribution < 1.29 is 22.7 Å². The molecule has 106 valence electrons. The van der Waals surface area contributed by atoms with Crippen molar-refractivity contribution in [3.8, 4) is 0 Å². The van der Waals surface area contributed by atoms with Gasteiger partial charge in [-0.15, -0.1) is 12.6 Å². The molecule has 0 saturated carbocycles. The molecule has 0 heterocycles. The molecule has 0 spiro atoms. The first-order chi connectivity index (χ1) is 8.79. The molecule has 3 nitrogen and oxygen atoms in total. The van der Waals surface area contributed by atoms with Gasteiger partial charge in [-0.3, -0.25) is 4.79 Å². The molecule has 0 saturated heterocycles. The Morgan fingerprint density at radius 1 is 1.42 bits per heavy atom. The lowest BCUT2D eigenvalue weighted by Crippen LogP contribution is -2.29. The Bertz CT molecular complexity index is 454. The standard InChI is InChI=1S/C11H11BrF3NO2S/c12-7-1-2-8(9(19)5-7)10(17)16-3-4-18-6-11(13,14)15/h1-2,5,19H,3-4,6H2,(H,16,17). The van der Waals surface area contributed by atoms with E-state index in [1.807, 2.05) is 0 Å². The van der Waals surface area contributed by atoms with Crippen molar-refractivity contribution >= 4 is 34.5 Å². The number of thiol groups is 1. The highest BCUT2D eigenvalue weighted by Gasteiger charge is 2.27. The number of alkyl halides is 3. The zero-order valence-electron chi connectivity index (χ0n) is 9.63. The molecule has 0 atom stereocenters. The summed E-state index contributed by atoms with van der Waals surface area (Å²) in [5.41, 5.74) is 0.349. The molecule has 1 aromatic carbocycles. The van der Waals surface area contributed by atoms with Crippen molar-refractivity contribution in [1.29, 1.82) is 0 Å². The molecule has 1 rings (SSSR count). The molecular weight excluding hydrogens is 347 g/mol. The van der Waals surface area contributed by atoms with Gasteiger partial charge in [0.1, 0.15) is 6.61 Å². The van der Waals surface area contributed by atoms with E-state index < -0.39 is 18.7 Å². The third-order valence-corrected chi connectivity index (χ3v) is 2.87. The molecule has 0 aliphatic heterocycles. The van der Waals surface area contributed by atoms with Crippen LogP contribution in [0.1, 0.15) is 10.4 Å². The average molecular weight is 358 g/mol. The van der Waals surface area contributed by atoms with Gasteiger partial charge in [-0.1, -0.05) is 15.9 Å². The Labute approximate surface area is 122 Å². The van der Waals surface area contributed by atoms with Crippen LogP contribution in [0, 0.1) is 0 Å². The summed E-state index contributed by atoms with van der Waals surface area (Å²) in [6.07, 6.45) is -4.35. The normalized spacial score (nSPS) is 11.4. The zero-order valence-corrected chi connectivity index (χ0v) is 12.1. The Kier molecular flexibility index (Phi) is 6.15. The number of benzene rings is 1. The maximum absolute atomic E-state index is 11.8. The van der Waals surface area contributed by atoms with Gasteiger partial charge >= 0.3 is 6.18 Å². The topological polar surface area (TPSA) is 38.3 Å². The lowest BCUT2D eigenvalue weighted by molar-refractivity contribution is -0.173. The monoisotopic (exact) mass is 357 g/mol. The number of amides is 1. The number of ether oxygens (including phenoxy) is 1. The highest BCUT2D eigenvalue weighted by atomic mass is 79.9. The zero-order chi connectivity index (χ0) is 14.5. The Morgan fingerprint density at radius 3 is 2.68 bits per heavy atom. The van der Waals surface area contributed by atoms with Gasteiger partial charge in [0, 0.05) is 15.9 Å². The summed E-state index contributed by atoms with van der Waals surface area (Å²) < 4.78 is 40.5. The molecule has 0 aliphatic carbocycles. The minimum Gasteiger partial charge on any atom is -0.370 e. The predicted octanol–water partition coefficient (Wildman–Crippen LogP) is 3.05. The van der Waals surface area contributed by atoms with Gasteiger partial charge in [-0.2, -0.15) is 13.2 Å².